The van der Waals surface area contributed by atoms with Crippen LogP contribution in [0.25, 0.3) is 0 Å². The summed E-state index contributed by atoms with van der Waals surface area (Å²) in [7, 11) is 0. The quantitative estimate of drug-likeness (QED) is 0.741. The molecular weight excluding hydrogens is 186 g/mol. The zero-order valence-corrected chi connectivity index (χ0v) is 10.2. The maximum Gasteiger partial charge on any atom is 0.0927 e. The summed E-state index contributed by atoms with van der Waals surface area (Å²) in [5, 5.41) is 7.16. The Morgan fingerprint density at radius 1 is 1.33 bits per heavy atom. The molecule has 0 fully saturated rings. The zero-order valence-electron chi connectivity index (χ0n) is 10.2. The highest BCUT2D eigenvalue weighted by atomic mass is 15.1. The molecule has 3 heteroatoms. The van der Waals surface area contributed by atoms with Crippen molar-refractivity contribution in [3.05, 3.63) is 24.0 Å². The average molecular weight is 205 g/mol. The van der Waals surface area contributed by atoms with E-state index >= 15 is 0 Å². The average Bonchev–Trinajstić information content (AvgIpc) is 2.49. The van der Waals surface area contributed by atoms with Gasteiger partial charge in [0.25, 0.3) is 0 Å². The normalized spacial score (nSPS) is 12.3. The third kappa shape index (κ3) is 2.37. The summed E-state index contributed by atoms with van der Waals surface area (Å²) in [4.78, 5) is 4.25. The molecule has 0 aliphatic rings. The van der Waals surface area contributed by atoms with E-state index in [1.165, 1.54) is 0 Å². The molecular formula is C12H19N3. The van der Waals surface area contributed by atoms with Crippen LogP contribution in [0.1, 0.15) is 45.9 Å². The van der Waals surface area contributed by atoms with Gasteiger partial charge in [-0.25, -0.2) is 4.99 Å². The minimum Gasteiger partial charge on any atom is -0.282 e. The van der Waals surface area contributed by atoms with E-state index in [0.29, 0.717) is 0 Å². The third-order valence-corrected chi connectivity index (χ3v) is 2.41. The lowest BCUT2D eigenvalue weighted by Gasteiger charge is -2.24. The summed E-state index contributed by atoms with van der Waals surface area (Å²) in [5.74, 6) is 2.61. The van der Waals surface area contributed by atoms with Crippen LogP contribution in [0.4, 0.5) is 0 Å². The Morgan fingerprint density at radius 3 is 2.40 bits per heavy atom. The summed E-state index contributed by atoms with van der Waals surface area (Å²) >= 11 is 0. The molecule has 0 unspecified atom stereocenters. The molecule has 1 rings (SSSR count). The molecule has 0 amide bonds. The first-order chi connectivity index (χ1) is 6.79. The summed E-state index contributed by atoms with van der Waals surface area (Å²) in [5.41, 5.74) is 1.94. The highest BCUT2D eigenvalue weighted by Crippen LogP contribution is 2.32. The first kappa shape index (κ1) is 11.7. The molecule has 82 valence electrons. The molecule has 0 bridgehead atoms. The molecule has 1 aromatic heterocycles. The number of nitrogens with zero attached hydrogens (tertiary/aromatic N) is 2. The molecule has 0 aliphatic carbocycles. The summed E-state index contributed by atoms with van der Waals surface area (Å²) < 4.78 is 0. The number of H-pyrrole nitrogens is 1. The second kappa shape index (κ2) is 3.67. The molecule has 1 heterocycles. The van der Waals surface area contributed by atoms with Crippen molar-refractivity contribution in [3.63, 3.8) is 0 Å². The molecule has 3 nitrogen and oxygen atoms in total. The van der Waals surface area contributed by atoms with Gasteiger partial charge in [-0.05, 0) is 26.3 Å². The predicted molar refractivity (Wildman–Crippen MR) is 63.4 cm³/mol. The zero-order chi connectivity index (χ0) is 11.7. The van der Waals surface area contributed by atoms with Crippen molar-refractivity contribution >= 4 is 5.87 Å². The Kier molecular flexibility index (Phi) is 2.87. The van der Waals surface area contributed by atoms with Gasteiger partial charge in [0.05, 0.1) is 11.7 Å². The Bertz CT molecular complexity index is 387. The van der Waals surface area contributed by atoms with Gasteiger partial charge in [0.15, 0.2) is 0 Å². The second-order valence-corrected chi connectivity index (χ2v) is 5.24. The molecule has 0 radical (unpaired) electrons. The topological polar surface area (TPSA) is 41.0 Å². The summed E-state index contributed by atoms with van der Waals surface area (Å²) in [6.07, 6.45) is 1.83. The SMILES string of the molecule is C=C=NC(C)(C)c1cn[nH]c1C(C)(C)C. The monoisotopic (exact) mass is 205 g/mol. The van der Waals surface area contributed by atoms with Gasteiger partial charge in [0.1, 0.15) is 0 Å². The van der Waals surface area contributed by atoms with E-state index in [1.54, 1.807) is 0 Å². The van der Waals surface area contributed by atoms with Gasteiger partial charge >= 0.3 is 0 Å². The number of rotatable bonds is 2. The molecule has 1 N–H and O–H groups in total. The van der Waals surface area contributed by atoms with Crippen molar-refractivity contribution in [2.75, 3.05) is 0 Å². The van der Waals surface area contributed by atoms with Crippen LogP contribution in [0.2, 0.25) is 0 Å². The van der Waals surface area contributed by atoms with Gasteiger partial charge in [0.2, 0.25) is 0 Å². The van der Waals surface area contributed by atoms with Crippen molar-refractivity contribution < 1.29 is 0 Å². The van der Waals surface area contributed by atoms with Crippen molar-refractivity contribution in [1.29, 1.82) is 0 Å². The van der Waals surface area contributed by atoms with Crippen molar-refractivity contribution in [1.82, 2.24) is 10.2 Å². The fourth-order valence-electron chi connectivity index (χ4n) is 1.58. The largest absolute Gasteiger partial charge is 0.282 e. The van der Waals surface area contributed by atoms with E-state index in [2.05, 4.69) is 48.4 Å². The van der Waals surface area contributed by atoms with E-state index in [-0.39, 0.29) is 11.0 Å². The maximum atomic E-state index is 4.25. The molecule has 0 saturated heterocycles. The van der Waals surface area contributed by atoms with Crippen LogP contribution < -0.4 is 0 Å². The highest BCUT2D eigenvalue weighted by Gasteiger charge is 2.29. The molecule has 0 spiro atoms. The Hall–Kier alpha value is -1.34. The first-order valence-corrected chi connectivity index (χ1v) is 5.07. The van der Waals surface area contributed by atoms with E-state index in [9.17, 15) is 0 Å². The predicted octanol–water partition coefficient (Wildman–Crippen LogP) is 2.80. The maximum absolute atomic E-state index is 4.25. The van der Waals surface area contributed by atoms with Gasteiger partial charge < -0.3 is 0 Å². The Morgan fingerprint density at radius 2 is 1.93 bits per heavy atom. The smallest absolute Gasteiger partial charge is 0.0927 e. The summed E-state index contributed by atoms with van der Waals surface area (Å²) in [6.45, 7) is 14.0. The molecule has 0 atom stereocenters. The van der Waals surface area contributed by atoms with Crippen LogP contribution in [0.3, 0.4) is 0 Å². The van der Waals surface area contributed by atoms with E-state index in [4.69, 9.17) is 0 Å². The Labute approximate surface area is 91.3 Å². The van der Waals surface area contributed by atoms with Crippen LogP contribution in [-0.2, 0) is 11.0 Å². The van der Waals surface area contributed by atoms with Gasteiger partial charge in [-0.15, -0.1) is 0 Å². The number of hydrogen-bond acceptors (Lipinski definition) is 2. The van der Waals surface area contributed by atoms with Crippen molar-refractivity contribution in [2.45, 2.75) is 45.6 Å². The van der Waals surface area contributed by atoms with E-state index in [1.807, 2.05) is 20.0 Å². The number of nitrogens with one attached hydrogen (secondary N) is 1. The van der Waals surface area contributed by atoms with Crippen molar-refractivity contribution in [2.24, 2.45) is 4.99 Å². The minimum atomic E-state index is -0.322. The van der Waals surface area contributed by atoms with Crippen molar-refractivity contribution in [3.8, 4) is 0 Å². The minimum absolute atomic E-state index is 0.0415. The number of aliphatic imine (C=N–C) groups is 1. The van der Waals surface area contributed by atoms with Gasteiger partial charge in [-0.3, -0.25) is 5.10 Å². The van der Waals surface area contributed by atoms with E-state index in [0.717, 1.165) is 11.3 Å². The lowest BCUT2D eigenvalue weighted by Crippen LogP contribution is -2.21. The van der Waals surface area contributed by atoms with Crippen LogP contribution in [0.5, 0.6) is 0 Å². The van der Waals surface area contributed by atoms with Gasteiger partial charge in [-0.1, -0.05) is 20.8 Å². The lowest BCUT2D eigenvalue weighted by molar-refractivity contribution is 0.508. The molecule has 1 aromatic rings. The third-order valence-electron chi connectivity index (χ3n) is 2.41. The van der Waals surface area contributed by atoms with Crippen LogP contribution >= 0.6 is 0 Å². The number of hydrogen-bond donors (Lipinski definition) is 1. The number of aromatic amines is 1. The molecule has 0 aliphatic heterocycles. The standard InChI is InChI=1S/C12H19N3/c1-7-13-12(5,6)9-8-14-15-10(9)11(2,3)4/h8H,1H2,2-6H3,(H,14,15). The number of aromatic nitrogens is 2. The van der Waals surface area contributed by atoms with Gasteiger partial charge in [-0.2, -0.15) is 5.10 Å². The summed E-state index contributed by atoms with van der Waals surface area (Å²) in [6, 6.07) is 0. The van der Waals surface area contributed by atoms with Crippen LogP contribution in [-0.4, -0.2) is 16.1 Å². The molecule has 0 aromatic carbocycles. The van der Waals surface area contributed by atoms with E-state index < -0.39 is 0 Å². The Balaban J connectivity index is 3.27. The molecule has 15 heavy (non-hydrogen) atoms. The fourth-order valence-corrected chi connectivity index (χ4v) is 1.58. The highest BCUT2D eigenvalue weighted by molar-refractivity contribution is 5.48. The van der Waals surface area contributed by atoms with Gasteiger partial charge in [0, 0.05) is 16.7 Å². The lowest BCUT2D eigenvalue weighted by atomic mass is 9.84. The van der Waals surface area contributed by atoms with Crippen LogP contribution in [0, 0.1) is 0 Å². The van der Waals surface area contributed by atoms with Crippen LogP contribution in [0.15, 0.2) is 17.8 Å². The molecule has 0 saturated carbocycles. The fraction of sp³-hybridized carbons (Fsp3) is 0.583. The first-order valence-electron chi connectivity index (χ1n) is 5.07. The second-order valence-electron chi connectivity index (χ2n) is 5.24.